The van der Waals surface area contributed by atoms with Crippen molar-refractivity contribution in [1.29, 1.82) is 0 Å². The first-order valence-corrected chi connectivity index (χ1v) is 20.0. The minimum Gasteiger partial charge on any atom is -0.474 e. The maximum atomic E-state index is 14.2. The van der Waals surface area contributed by atoms with Crippen LogP contribution in [0.4, 0.5) is 105 Å². The molecule has 6 aromatic rings. The van der Waals surface area contributed by atoms with Crippen molar-refractivity contribution < 1.29 is 115 Å². The molecule has 0 aliphatic rings. The van der Waals surface area contributed by atoms with Gasteiger partial charge in [-0.15, -0.1) is 0 Å². The van der Waals surface area contributed by atoms with Crippen molar-refractivity contribution in [2.45, 2.75) is 62.9 Å². The quantitative estimate of drug-likeness (QED) is 0.0862. The van der Waals surface area contributed by atoms with Gasteiger partial charge in [0, 0.05) is 5.56 Å². The van der Waals surface area contributed by atoms with Crippen LogP contribution in [0.3, 0.4) is 0 Å². The minimum absolute atomic E-state index is 0.641. The van der Waals surface area contributed by atoms with E-state index in [0.717, 1.165) is 6.54 Å². The number of halogens is 24. The van der Waals surface area contributed by atoms with Gasteiger partial charge in [-0.05, 0) is 31.2 Å². The summed E-state index contributed by atoms with van der Waals surface area (Å²) in [5, 5.41) is 0. The highest BCUT2D eigenvalue weighted by Gasteiger charge is 2.47. The number of aromatic nitrogens is 2. The van der Waals surface area contributed by atoms with Crippen molar-refractivity contribution >= 4 is 28.0 Å². The third-order valence-corrected chi connectivity index (χ3v) is 10.7. The molecule has 0 spiro atoms. The second kappa shape index (κ2) is 20.0. The Balaban J connectivity index is 0.000000520. The van der Waals surface area contributed by atoms with Crippen LogP contribution in [0.25, 0.3) is 0 Å². The van der Waals surface area contributed by atoms with E-state index in [1.807, 2.05) is 37.5 Å². The molecule has 5 aromatic carbocycles. The van der Waals surface area contributed by atoms with E-state index in [9.17, 15) is 105 Å². The van der Waals surface area contributed by atoms with Gasteiger partial charge in [0.1, 0.15) is 6.15 Å². The summed E-state index contributed by atoms with van der Waals surface area (Å²) in [6, 6.07) is 1.50. The van der Waals surface area contributed by atoms with Crippen molar-refractivity contribution in [3.05, 3.63) is 172 Å². The van der Waals surface area contributed by atoms with Crippen LogP contribution in [0.15, 0.2) is 122 Å². The lowest BCUT2D eigenvalue weighted by Crippen LogP contribution is -2.75. The monoisotopic (exact) mass is 1080 g/mol. The molecule has 0 saturated heterocycles. The van der Waals surface area contributed by atoms with Crippen molar-refractivity contribution in [1.82, 2.24) is 4.98 Å². The van der Waals surface area contributed by atoms with Gasteiger partial charge in [0.05, 0.1) is 57.3 Å². The average molecular weight is 1080 g/mol. The van der Waals surface area contributed by atoms with Gasteiger partial charge in [-0.2, -0.15) is 132 Å². The Morgan fingerprint density at radius 2 is 0.658 bits per heavy atom. The normalized spacial score (nSPS) is 13.4. The third-order valence-electron chi connectivity index (χ3n) is 10.7. The number of alkyl halides is 24. The van der Waals surface area contributed by atoms with Crippen LogP contribution < -0.4 is 31.2 Å². The molecular formula is C45H27BF24N2O. The maximum absolute atomic E-state index is 14.2. The lowest BCUT2D eigenvalue weighted by Gasteiger charge is -2.46. The molecule has 6 rings (SSSR count). The second-order valence-electron chi connectivity index (χ2n) is 15.7. The van der Waals surface area contributed by atoms with Crippen LogP contribution in [0.1, 0.15) is 57.0 Å². The van der Waals surface area contributed by atoms with Crippen molar-refractivity contribution in [3.63, 3.8) is 0 Å². The topological polar surface area (TPSA) is 26.0 Å². The zero-order chi connectivity index (χ0) is 55.1. The van der Waals surface area contributed by atoms with Crippen LogP contribution >= 0.6 is 0 Å². The van der Waals surface area contributed by atoms with E-state index in [4.69, 9.17) is 4.74 Å². The Labute approximate surface area is 394 Å². The molecule has 1 aromatic heterocycles. The fourth-order valence-electron chi connectivity index (χ4n) is 7.60. The fraction of sp³-hybridized carbons (Fsp3) is 0.244. The van der Waals surface area contributed by atoms with E-state index in [1.54, 1.807) is 6.20 Å². The summed E-state index contributed by atoms with van der Waals surface area (Å²) in [6.45, 7) is 3.43. The van der Waals surface area contributed by atoms with E-state index < -0.39 is 195 Å². The summed E-state index contributed by atoms with van der Waals surface area (Å²) >= 11 is 0. The molecule has 0 radical (unpaired) electrons. The van der Waals surface area contributed by atoms with Gasteiger partial charge >= 0.3 is 49.4 Å². The van der Waals surface area contributed by atoms with E-state index in [2.05, 4.69) is 21.7 Å². The highest BCUT2D eigenvalue weighted by molar-refractivity contribution is 7.20. The molecule has 394 valence electrons. The van der Waals surface area contributed by atoms with Crippen molar-refractivity contribution in [2.75, 3.05) is 6.61 Å². The summed E-state index contributed by atoms with van der Waals surface area (Å²) in [4.78, 5) is 4.13. The fourth-order valence-corrected chi connectivity index (χ4v) is 7.60. The van der Waals surface area contributed by atoms with Gasteiger partial charge in [-0.3, -0.25) is 0 Å². The lowest BCUT2D eigenvalue weighted by molar-refractivity contribution is -0.689. The molecule has 73 heavy (non-hydrogen) atoms. The standard InChI is InChI=1S/C32H12BF24.C13H15N2O/c34-25(35,36)13-1-14(26(37,38)39)6-21(5-13)33(22-7-15(27(40,41)42)2-16(8-22)28(43,44)45,23-9-17(29(46,47)48)3-18(10-23)30(49,50)51)24-11-19(31(52,53)54)4-20(12-24)32(55,56)57;1-2-16-13-11-15(9-8-14-13)10-12-6-4-3-5-7-12/h1-12H;3-9,11H,2,10H2,1H3/q-1;+1. The molecule has 0 amide bonds. The minimum atomic E-state index is -6.13. The van der Waals surface area contributed by atoms with Gasteiger partial charge in [0.15, 0.2) is 12.7 Å². The molecule has 0 saturated carbocycles. The first kappa shape index (κ1) is 57.3. The first-order chi connectivity index (χ1) is 33.1. The molecule has 0 fully saturated rings. The van der Waals surface area contributed by atoms with Gasteiger partial charge in [0.2, 0.25) is 6.20 Å². The van der Waals surface area contributed by atoms with Crippen molar-refractivity contribution in [2.24, 2.45) is 0 Å². The molecule has 28 heteroatoms. The van der Waals surface area contributed by atoms with E-state index in [-0.39, 0.29) is 0 Å². The number of hydrogen-bond donors (Lipinski definition) is 0. The summed E-state index contributed by atoms with van der Waals surface area (Å²) in [5.74, 6) is 0.668. The van der Waals surface area contributed by atoms with Gasteiger partial charge in [-0.25, -0.2) is 4.98 Å². The van der Waals surface area contributed by atoms with Gasteiger partial charge in [-0.1, -0.05) is 78.9 Å². The van der Waals surface area contributed by atoms with Gasteiger partial charge < -0.3 is 4.74 Å². The van der Waals surface area contributed by atoms with E-state index >= 15 is 0 Å². The van der Waals surface area contributed by atoms with E-state index in [1.165, 1.54) is 5.56 Å². The maximum Gasteiger partial charge on any atom is 0.416 e. The Hall–Kier alpha value is -6.64. The number of nitrogens with zero attached hydrogens (tertiary/aromatic N) is 2. The predicted molar refractivity (Wildman–Crippen MR) is 211 cm³/mol. The Morgan fingerprint density at radius 1 is 0.397 bits per heavy atom. The number of rotatable bonds is 8. The third kappa shape index (κ3) is 13.7. The lowest BCUT2D eigenvalue weighted by atomic mass is 9.12. The van der Waals surface area contributed by atoms with Crippen LogP contribution in [0.5, 0.6) is 5.88 Å². The Morgan fingerprint density at radius 3 is 0.890 bits per heavy atom. The summed E-state index contributed by atoms with van der Waals surface area (Å²) in [6.07, 6.45) is -49.2. The summed E-state index contributed by atoms with van der Waals surface area (Å²) < 4.78 is 348. The molecule has 0 aliphatic carbocycles. The van der Waals surface area contributed by atoms with Crippen molar-refractivity contribution in [3.8, 4) is 5.88 Å². The molecule has 0 bridgehead atoms. The second-order valence-corrected chi connectivity index (χ2v) is 15.7. The Bertz CT molecular complexity index is 2460. The molecule has 3 nitrogen and oxygen atoms in total. The number of hydrogen-bond acceptors (Lipinski definition) is 2. The molecular weight excluding hydrogens is 1050 g/mol. The first-order valence-electron chi connectivity index (χ1n) is 20.0. The zero-order valence-electron chi connectivity index (χ0n) is 35.9. The number of benzene rings is 5. The number of ether oxygens (including phenoxy) is 1. The van der Waals surface area contributed by atoms with Crippen LogP contribution in [0.2, 0.25) is 0 Å². The summed E-state index contributed by atoms with van der Waals surface area (Å²) in [7, 11) is 0. The molecule has 0 unspecified atom stereocenters. The molecule has 0 N–H and O–H groups in total. The van der Waals surface area contributed by atoms with Gasteiger partial charge in [0.25, 0.3) is 5.88 Å². The molecule has 0 atom stereocenters. The summed E-state index contributed by atoms with van der Waals surface area (Å²) in [5.41, 5.74) is -28.9. The molecule has 1 heterocycles. The van der Waals surface area contributed by atoms with Crippen LogP contribution in [-0.2, 0) is 56.0 Å². The van der Waals surface area contributed by atoms with Crippen LogP contribution in [0, 0.1) is 0 Å². The smallest absolute Gasteiger partial charge is 0.416 e. The average Bonchev–Trinajstić information content (AvgIpc) is 3.25. The van der Waals surface area contributed by atoms with Crippen LogP contribution in [-0.4, -0.2) is 17.7 Å². The Kier molecular flexibility index (Phi) is 15.7. The highest BCUT2D eigenvalue weighted by atomic mass is 19.4. The zero-order valence-corrected chi connectivity index (χ0v) is 35.9. The van der Waals surface area contributed by atoms with E-state index in [0.29, 0.717) is 12.5 Å². The largest absolute Gasteiger partial charge is 0.474 e. The predicted octanol–water partition coefficient (Wildman–Crippen LogP) is 13.0. The molecule has 0 aliphatic heterocycles. The SMILES string of the molecule is CCOc1c[n+](Cc2ccccc2)ccn1.FC(F)(F)c1cc([B-](c2cc(C(F)(F)F)cc(C(F)(F)F)c2)(c2cc(C(F)(F)F)cc(C(F)(F)F)c2)c2cc(C(F)(F)F)cc(C(F)(F)F)c2)cc(C(F)(F)F)c1. The highest BCUT2D eigenvalue weighted by Crippen LogP contribution is 2.41.